The van der Waals surface area contributed by atoms with E-state index in [0.717, 1.165) is 37.7 Å². The second-order valence-electron chi connectivity index (χ2n) is 10.3. The van der Waals surface area contributed by atoms with Crippen molar-refractivity contribution in [2.45, 2.75) is 63.8 Å². The maximum Gasteiger partial charge on any atom is 0.269 e. The molecule has 1 saturated heterocycles. The fraction of sp³-hybridized carbons (Fsp3) is 0.667. The highest BCUT2D eigenvalue weighted by Crippen LogP contribution is 2.60. The number of rotatable bonds is 6. The van der Waals surface area contributed by atoms with E-state index in [1.165, 1.54) is 31.4 Å². The largest absolute Gasteiger partial charge is 0.354 e. The lowest BCUT2D eigenvalue weighted by Gasteiger charge is -2.56. The van der Waals surface area contributed by atoms with Gasteiger partial charge in [0.1, 0.15) is 6.04 Å². The van der Waals surface area contributed by atoms with E-state index in [0.29, 0.717) is 37.3 Å². The number of nitro benzene ring substituents is 1. The number of nitrogens with zero attached hydrogens (tertiary/aromatic N) is 2. The maximum atomic E-state index is 13.7. The third-order valence-corrected chi connectivity index (χ3v) is 8.17. The summed E-state index contributed by atoms with van der Waals surface area (Å²) < 4.78 is 0. The van der Waals surface area contributed by atoms with Crippen molar-refractivity contribution in [3.05, 3.63) is 39.9 Å². The van der Waals surface area contributed by atoms with Crippen molar-refractivity contribution < 1.29 is 14.5 Å². The lowest BCUT2D eigenvalue weighted by atomic mass is 9.49. The van der Waals surface area contributed by atoms with Gasteiger partial charge in [-0.05, 0) is 81.1 Å². The molecule has 1 N–H and O–H groups in total. The third kappa shape index (κ3) is 3.83. The number of carbonyl (C=O) groups is 2. The Balaban J connectivity index is 1.19. The number of nitrogens with one attached hydrogen (secondary N) is 1. The van der Waals surface area contributed by atoms with Crippen LogP contribution in [0.3, 0.4) is 0 Å². The van der Waals surface area contributed by atoms with Crippen molar-refractivity contribution in [3.8, 4) is 0 Å². The molecule has 5 fully saturated rings. The first kappa shape index (κ1) is 20.5. The van der Waals surface area contributed by atoms with Gasteiger partial charge in [-0.25, -0.2) is 0 Å². The van der Waals surface area contributed by atoms with Crippen LogP contribution >= 0.6 is 0 Å². The number of benzene rings is 1. The maximum absolute atomic E-state index is 13.7. The molecule has 0 spiro atoms. The molecule has 0 aromatic heterocycles. The van der Waals surface area contributed by atoms with Crippen LogP contribution in [-0.4, -0.2) is 40.8 Å². The molecule has 5 aliphatic rings. The molecule has 7 nitrogen and oxygen atoms in total. The third-order valence-electron chi connectivity index (χ3n) is 8.17. The average Bonchev–Trinajstić information content (AvgIpc) is 3.22. The van der Waals surface area contributed by atoms with Crippen molar-refractivity contribution in [1.29, 1.82) is 0 Å². The summed E-state index contributed by atoms with van der Waals surface area (Å²) in [5.74, 6) is 2.34. The second-order valence-corrected chi connectivity index (χ2v) is 10.3. The van der Waals surface area contributed by atoms with Crippen LogP contribution in [0, 0.1) is 33.3 Å². The van der Waals surface area contributed by atoms with Gasteiger partial charge in [-0.2, -0.15) is 0 Å². The molecule has 1 heterocycles. The van der Waals surface area contributed by atoms with E-state index in [-0.39, 0.29) is 29.0 Å². The van der Waals surface area contributed by atoms with Crippen LogP contribution in [0.15, 0.2) is 24.3 Å². The summed E-state index contributed by atoms with van der Waals surface area (Å²) >= 11 is 0. The summed E-state index contributed by atoms with van der Waals surface area (Å²) in [4.78, 5) is 38.9. The highest BCUT2D eigenvalue weighted by molar-refractivity contribution is 5.91. The summed E-state index contributed by atoms with van der Waals surface area (Å²) in [6.45, 7) is 1.16. The Labute approximate surface area is 182 Å². The van der Waals surface area contributed by atoms with Crippen LogP contribution in [0.2, 0.25) is 0 Å². The van der Waals surface area contributed by atoms with Crippen molar-refractivity contribution in [3.63, 3.8) is 0 Å². The number of amides is 2. The summed E-state index contributed by atoms with van der Waals surface area (Å²) in [5.41, 5.74) is 0.813. The molecular weight excluding hydrogens is 394 g/mol. The van der Waals surface area contributed by atoms with Crippen molar-refractivity contribution in [2.75, 3.05) is 13.1 Å². The Morgan fingerprint density at radius 2 is 1.68 bits per heavy atom. The molecule has 1 aliphatic heterocycles. The smallest absolute Gasteiger partial charge is 0.269 e. The molecule has 4 aliphatic carbocycles. The van der Waals surface area contributed by atoms with Crippen LogP contribution < -0.4 is 5.32 Å². The zero-order valence-corrected chi connectivity index (χ0v) is 17.9. The van der Waals surface area contributed by atoms with Gasteiger partial charge in [-0.15, -0.1) is 0 Å². The van der Waals surface area contributed by atoms with Gasteiger partial charge in [0.2, 0.25) is 11.8 Å². The minimum absolute atomic E-state index is 0.0579. The molecule has 2 amide bonds. The van der Waals surface area contributed by atoms with Crippen molar-refractivity contribution in [2.24, 2.45) is 23.2 Å². The SMILES string of the molecule is O=C(NCCc1ccc([N+](=O)[O-])cc1)C1CCCN1C(=O)C12CC3CC(CC(C3)C1)C2. The summed E-state index contributed by atoms with van der Waals surface area (Å²) in [6.07, 6.45) is 9.24. The second kappa shape index (κ2) is 7.92. The molecule has 1 aromatic rings. The van der Waals surface area contributed by atoms with Crippen LogP contribution in [0.5, 0.6) is 0 Å². The molecule has 166 valence electrons. The number of non-ortho nitro benzene ring substituents is 1. The lowest BCUT2D eigenvalue weighted by molar-refractivity contribution is -0.384. The molecular formula is C24H31N3O4. The highest BCUT2D eigenvalue weighted by Gasteiger charge is 2.56. The minimum atomic E-state index is -0.416. The molecule has 4 saturated carbocycles. The monoisotopic (exact) mass is 425 g/mol. The van der Waals surface area contributed by atoms with Gasteiger partial charge >= 0.3 is 0 Å². The van der Waals surface area contributed by atoms with E-state index in [9.17, 15) is 19.7 Å². The van der Waals surface area contributed by atoms with E-state index >= 15 is 0 Å². The van der Waals surface area contributed by atoms with Crippen LogP contribution in [0.4, 0.5) is 5.69 Å². The molecule has 6 rings (SSSR count). The van der Waals surface area contributed by atoms with Gasteiger partial charge in [0.25, 0.3) is 5.69 Å². The van der Waals surface area contributed by atoms with Gasteiger partial charge in [0, 0.05) is 25.2 Å². The van der Waals surface area contributed by atoms with Gasteiger partial charge in [-0.1, -0.05) is 12.1 Å². The predicted molar refractivity (Wildman–Crippen MR) is 115 cm³/mol. The first-order valence-electron chi connectivity index (χ1n) is 11.8. The molecule has 0 radical (unpaired) electrons. The van der Waals surface area contributed by atoms with Crippen molar-refractivity contribution >= 4 is 17.5 Å². The first-order valence-corrected chi connectivity index (χ1v) is 11.8. The zero-order chi connectivity index (χ0) is 21.6. The fourth-order valence-electron chi connectivity index (χ4n) is 7.19. The summed E-state index contributed by atoms with van der Waals surface area (Å²) in [6, 6.07) is 6.07. The number of hydrogen-bond donors (Lipinski definition) is 1. The topological polar surface area (TPSA) is 92.5 Å². The predicted octanol–water partition coefficient (Wildman–Crippen LogP) is 3.46. The van der Waals surface area contributed by atoms with E-state index in [1.807, 2.05) is 4.90 Å². The Bertz CT molecular complexity index is 846. The molecule has 4 bridgehead atoms. The van der Waals surface area contributed by atoms with Gasteiger partial charge in [0.05, 0.1) is 10.3 Å². The Morgan fingerprint density at radius 1 is 1.06 bits per heavy atom. The Hall–Kier alpha value is -2.44. The number of nitro groups is 1. The standard InChI is InChI=1S/C24H31N3O4/c28-22(25-8-7-16-3-5-20(6-4-16)27(30)31)21-2-1-9-26(21)23(29)24-13-17-10-18(14-24)12-19(11-17)15-24/h3-6,17-19,21H,1-2,7-15H2,(H,25,28). The number of carbonyl (C=O) groups excluding carboxylic acids is 2. The zero-order valence-electron chi connectivity index (χ0n) is 17.9. The van der Waals surface area contributed by atoms with Crippen LogP contribution in [-0.2, 0) is 16.0 Å². The normalized spacial score (nSPS) is 33.5. The van der Waals surface area contributed by atoms with E-state index in [2.05, 4.69) is 5.32 Å². The van der Waals surface area contributed by atoms with E-state index in [1.54, 1.807) is 12.1 Å². The highest BCUT2D eigenvalue weighted by atomic mass is 16.6. The van der Waals surface area contributed by atoms with E-state index < -0.39 is 4.92 Å². The van der Waals surface area contributed by atoms with Gasteiger partial charge < -0.3 is 10.2 Å². The molecule has 1 aromatic carbocycles. The molecule has 1 unspecified atom stereocenters. The first-order chi connectivity index (χ1) is 14.9. The lowest BCUT2D eigenvalue weighted by Crippen LogP contribution is -2.57. The molecule has 1 atom stereocenters. The minimum Gasteiger partial charge on any atom is -0.354 e. The van der Waals surface area contributed by atoms with Crippen LogP contribution in [0.1, 0.15) is 56.9 Å². The molecule has 7 heteroatoms. The summed E-state index contributed by atoms with van der Waals surface area (Å²) in [7, 11) is 0. The number of likely N-dealkylation sites (tertiary alicyclic amines) is 1. The number of hydrogen-bond acceptors (Lipinski definition) is 4. The summed E-state index contributed by atoms with van der Waals surface area (Å²) in [5, 5.41) is 13.8. The van der Waals surface area contributed by atoms with Crippen molar-refractivity contribution in [1.82, 2.24) is 10.2 Å². The van der Waals surface area contributed by atoms with Gasteiger partial charge in [-0.3, -0.25) is 19.7 Å². The Kier molecular flexibility index (Phi) is 5.22. The average molecular weight is 426 g/mol. The van der Waals surface area contributed by atoms with Crippen LogP contribution in [0.25, 0.3) is 0 Å². The molecule has 31 heavy (non-hydrogen) atoms. The Morgan fingerprint density at radius 3 is 2.26 bits per heavy atom. The van der Waals surface area contributed by atoms with E-state index in [4.69, 9.17) is 0 Å². The fourth-order valence-corrected chi connectivity index (χ4v) is 7.19. The van der Waals surface area contributed by atoms with Gasteiger partial charge in [0.15, 0.2) is 0 Å². The quantitative estimate of drug-likeness (QED) is 0.558.